The summed E-state index contributed by atoms with van der Waals surface area (Å²) in [6.45, 7) is 6.92. The van der Waals surface area contributed by atoms with Crippen molar-refractivity contribution in [3.8, 4) is 0 Å². The molecule has 1 amide bonds. The molecule has 2 aromatic rings. The number of aryl methyl sites for hydroxylation is 1. The Balaban J connectivity index is 1.84. The van der Waals surface area contributed by atoms with Gasteiger partial charge in [-0.15, -0.1) is 0 Å². The van der Waals surface area contributed by atoms with E-state index in [9.17, 15) is 4.79 Å². The van der Waals surface area contributed by atoms with E-state index in [1.165, 1.54) is 0 Å². The number of carbonyl (C=O) groups is 1. The lowest BCUT2D eigenvalue weighted by Crippen LogP contribution is -2.23. The van der Waals surface area contributed by atoms with Crippen LogP contribution in [0.3, 0.4) is 0 Å². The van der Waals surface area contributed by atoms with E-state index >= 15 is 0 Å². The number of ether oxygens (including phenoxy) is 2. The Morgan fingerprint density at radius 2 is 1.84 bits per heavy atom. The Hall–Kier alpha value is -1.44. The van der Waals surface area contributed by atoms with Crippen molar-refractivity contribution in [2.24, 2.45) is 0 Å². The summed E-state index contributed by atoms with van der Waals surface area (Å²) in [4.78, 5) is 12.3. The van der Waals surface area contributed by atoms with Crippen LogP contribution in [0.1, 0.15) is 34.0 Å². The maximum Gasteiger partial charge on any atom is 0.251 e. The molecule has 0 radical (unpaired) electrons. The van der Waals surface area contributed by atoms with Gasteiger partial charge in [0.05, 0.1) is 19.8 Å². The third kappa shape index (κ3) is 6.76. The van der Waals surface area contributed by atoms with E-state index in [0.717, 1.165) is 20.3 Å². The Kier molecular flexibility index (Phi) is 8.37. The van der Waals surface area contributed by atoms with Crippen molar-refractivity contribution in [3.05, 3.63) is 68.3 Å². The number of hydrogen-bond donors (Lipinski definition) is 1. The second-order valence-electron chi connectivity index (χ2n) is 5.72. The Morgan fingerprint density at radius 3 is 2.60 bits per heavy atom. The second kappa shape index (κ2) is 10.5. The number of amides is 1. The van der Waals surface area contributed by atoms with Crippen molar-refractivity contribution in [2.45, 2.75) is 27.0 Å². The van der Waals surface area contributed by atoms with Crippen LogP contribution < -0.4 is 5.32 Å². The Bertz CT molecular complexity index is 703. The minimum atomic E-state index is -0.0575. The smallest absolute Gasteiger partial charge is 0.251 e. The largest absolute Gasteiger partial charge is 0.379 e. The zero-order valence-electron chi connectivity index (χ0n) is 14.7. The van der Waals surface area contributed by atoms with Gasteiger partial charge in [0.2, 0.25) is 0 Å². The fraction of sp³-hybridized carbons (Fsp3) is 0.350. The van der Waals surface area contributed by atoms with Crippen LogP contribution in [-0.2, 0) is 22.6 Å². The first-order valence-electron chi connectivity index (χ1n) is 8.37. The van der Waals surface area contributed by atoms with Crippen molar-refractivity contribution < 1.29 is 14.3 Å². The highest BCUT2D eigenvalue weighted by atomic mass is 127. The summed E-state index contributed by atoms with van der Waals surface area (Å²) in [5, 5.41) is 2.97. The number of benzene rings is 2. The lowest BCUT2D eigenvalue weighted by molar-refractivity contribution is 0.0453. The van der Waals surface area contributed by atoms with Crippen LogP contribution in [0.15, 0.2) is 42.5 Å². The fourth-order valence-corrected chi connectivity index (χ4v) is 2.69. The molecule has 0 aromatic heterocycles. The van der Waals surface area contributed by atoms with E-state index in [4.69, 9.17) is 9.47 Å². The Morgan fingerprint density at radius 1 is 1.08 bits per heavy atom. The highest BCUT2D eigenvalue weighted by Crippen LogP contribution is 2.13. The van der Waals surface area contributed by atoms with Gasteiger partial charge in [0, 0.05) is 22.3 Å². The van der Waals surface area contributed by atoms with Crippen molar-refractivity contribution in [1.82, 2.24) is 5.32 Å². The van der Waals surface area contributed by atoms with E-state index in [-0.39, 0.29) is 5.91 Å². The van der Waals surface area contributed by atoms with Gasteiger partial charge in [-0.1, -0.05) is 24.3 Å². The summed E-state index contributed by atoms with van der Waals surface area (Å²) in [7, 11) is 0. The molecule has 5 heteroatoms. The van der Waals surface area contributed by atoms with Crippen LogP contribution in [0.25, 0.3) is 0 Å². The van der Waals surface area contributed by atoms with Crippen LogP contribution in [0.5, 0.6) is 0 Å². The Labute approximate surface area is 163 Å². The highest BCUT2D eigenvalue weighted by molar-refractivity contribution is 14.1. The quantitative estimate of drug-likeness (QED) is 0.460. The molecule has 0 saturated heterocycles. The number of halogens is 1. The standard InChI is InChI=1S/C20H24INO3/c1-3-24-9-10-25-14-17-6-4-5-16(12-17)13-22-20(23)18-7-8-19(21)15(2)11-18/h4-8,11-12H,3,9-10,13-14H2,1-2H3,(H,22,23). The minimum Gasteiger partial charge on any atom is -0.379 e. The fourth-order valence-electron chi connectivity index (χ4n) is 2.35. The zero-order chi connectivity index (χ0) is 18.1. The molecule has 0 aliphatic rings. The van der Waals surface area contributed by atoms with E-state index in [2.05, 4.69) is 34.0 Å². The molecular weight excluding hydrogens is 429 g/mol. The summed E-state index contributed by atoms with van der Waals surface area (Å²) < 4.78 is 12.0. The molecule has 0 aliphatic carbocycles. The molecule has 1 N–H and O–H groups in total. The van der Waals surface area contributed by atoms with Gasteiger partial charge in [0.1, 0.15) is 0 Å². The zero-order valence-corrected chi connectivity index (χ0v) is 16.8. The SMILES string of the molecule is CCOCCOCc1cccc(CNC(=O)c2ccc(I)c(C)c2)c1. The van der Waals surface area contributed by atoms with Gasteiger partial charge >= 0.3 is 0 Å². The maximum absolute atomic E-state index is 12.3. The molecule has 0 heterocycles. The van der Waals surface area contributed by atoms with Gasteiger partial charge in [-0.3, -0.25) is 4.79 Å². The predicted molar refractivity (Wildman–Crippen MR) is 108 cm³/mol. The van der Waals surface area contributed by atoms with Gasteiger partial charge in [-0.2, -0.15) is 0 Å². The molecule has 0 unspecified atom stereocenters. The van der Waals surface area contributed by atoms with Crippen molar-refractivity contribution in [2.75, 3.05) is 19.8 Å². The monoisotopic (exact) mass is 453 g/mol. The predicted octanol–water partition coefficient (Wildman–Crippen LogP) is 4.08. The average Bonchev–Trinajstić information content (AvgIpc) is 2.62. The van der Waals surface area contributed by atoms with E-state index in [0.29, 0.717) is 38.5 Å². The van der Waals surface area contributed by atoms with E-state index < -0.39 is 0 Å². The third-order valence-corrected chi connectivity index (χ3v) is 4.92. The topological polar surface area (TPSA) is 47.6 Å². The van der Waals surface area contributed by atoms with Crippen molar-refractivity contribution in [3.63, 3.8) is 0 Å². The third-order valence-electron chi connectivity index (χ3n) is 3.71. The number of carbonyl (C=O) groups excluding carboxylic acids is 1. The molecule has 0 aliphatic heterocycles. The lowest BCUT2D eigenvalue weighted by atomic mass is 10.1. The van der Waals surface area contributed by atoms with Crippen LogP contribution in [0, 0.1) is 10.5 Å². The average molecular weight is 453 g/mol. The van der Waals surface area contributed by atoms with Crippen molar-refractivity contribution >= 4 is 28.5 Å². The normalized spacial score (nSPS) is 10.7. The van der Waals surface area contributed by atoms with Crippen LogP contribution in [-0.4, -0.2) is 25.7 Å². The number of rotatable bonds is 9. The highest BCUT2D eigenvalue weighted by Gasteiger charge is 2.07. The van der Waals surface area contributed by atoms with Crippen molar-refractivity contribution in [1.29, 1.82) is 0 Å². The molecule has 0 saturated carbocycles. The molecule has 2 aromatic carbocycles. The van der Waals surface area contributed by atoms with Crippen LogP contribution >= 0.6 is 22.6 Å². The molecule has 4 nitrogen and oxygen atoms in total. The van der Waals surface area contributed by atoms with Gasteiger partial charge in [-0.25, -0.2) is 0 Å². The van der Waals surface area contributed by atoms with Gasteiger partial charge in [0.25, 0.3) is 5.91 Å². The summed E-state index contributed by atoms with van der Waals surface area (Å²) >= 11 is 2.27. The molecule has 0 atom stereocenters. The van der Waals surface area contributed by atoms with Gasteiger partial charge in [-0.05, 0) is 71.3 Å². The first-order valence-corrected chi connectivity index (χ1v) is 9.45. The van der Waals surface area contributed by atoms with E-state index in [1.54, 1.807) is 0 Å². The van der Waals surface area contributed by atoms with Gasteiger partial charge < -0.3 is 14.8 Å². The number of hydrogen-bond acceptors (Lipinski definition) is 3. The molecule has 134 valence electrons. The van der Waals surface area contributed by atoms with Gasteiger partial charge in [0.15, 0.2) is 0 Å². The molecule has 2 rings (SSSR count). The molecular formula is C20H24INO3. The molecule has 0 spiro atoms. The maximum atomic E-state index is 12.3. The summed E-state index contributed by atoms with van der Waals surface area (Å²) in [6.07, 6.45) is 0. The summed E-state index contributed by atoms with van der Waals surface area (Å²) in [6, 6.07) is 13.8. The summed E-state index contributed by atoms with van der Waals surface area (Å²) in [5.74, 6) is -0.0575. The van der Waals surface area contributed by atoms with Crippen LogP contribution in [0.4, 0.5) is 0 Å². The van der Waals surface area contributed by atoms with E-state index in [1.807, 2.05) is 50.2 Å². The first kappa shape index (κ1) is 19.9. The van der Waals surface area contributed by atoms with Crippen LogP contribution in [0.2, 0.25) is 0 Å². The lowest BCUT2D eigenvalue weighted by Gasteiger charge is -2.09. The second-order valence-corrected chi connectivity index (χ2v) is 6.88. The summed E-state index contributed by atoms with van der Waals surface area (Å²) in [5.41, 5.74) is 3.95. The molecule has 0 bridgehead atoms. The molecule has 25 heavy (non-hydrogen) atoms. The minimum absolute atomic E-state index is 0.0575. The number of nitrogens with one attached hydrogen (secondary N) is 1. The molecule has 0 fully saturated rings. The first-order chi connectivity index (χ1) is 12.1.